The van der Waals surface area contributed by atoms with E-state index in [4.69, 9.17) is 17.5 Å². The summed E-state index contributed by atoms with van der Waals surface area (Å²) in [6, 6.07) is 8.87. The van der Waals surface area contributed by atoms with Crippen LogP contribution in [0, 0.1) is 17.2 Å². The van der Waals surface area contributed by atoms with Crippen molar-refractivity contribution in [3.63, 3.8) is 0 Å². The zero-order chi connectivity index (χ0) is 27.1. The summed E-state index contributed by atoms with van der Waals surface area (Å²) in [5, 5.41) is 15.4. The zero-order valence-electron chi connectivity index (χ0n) is 20.3. The van der Waals surface area contributed by atoms with Crippen LogP contribution in [0.25, 0.3) is 0 Å². The summed E-state index contributed by atoms with van der Waals surface area (Å²) in [4.78, 5) is 32.6. The Kier molecular flexibility index (Phi) is 6.83. The van der Waals surface area contributed by atoms with Crippen LogP contribution in [0.5, 0.6) is 0 Å². The third-order valence-electron chi connectivity index (χ3n) is 7.47. The molecule has 3 fully saturated rings. The fraction of sp³-hybridized carbons (Fsp3) is 0.423. The van der Waals surface area contributed by atoms with Crippen LogP contribution in [-0.4, -0.2) is 47.1 Å². The minimum Gasteiger partial charge on any atom is -0.352 e. The van der Waals surface area contributed by atoms with Crippen LogP contribution >= 0.6 is 12.2 Å². The summed E-state index contributed by atoms with van der Waals surface area (Å²) >= 11 is 5.62. The van der Waals surface area contributed by atoms with E-state index in [9.17, 15) is 22.8 Å². The van der Waals surface area contributed by atoms with E-state index in [2.05, 4.69) is 15.6 Å². The molecule has 2 saturated heterocycles. The molecule has 0 radical (unpaired) electrons. The summed E-state index contributed by atoms with van der Waals surface area (Å²) in [6.07, 6.45) is 0.100. The Morgan fingerprint density at radius 2 is 1.97 bits per heavy atom. The minimum absolute atomic E-state index is 0.0244. The number of alkyl halides is 3. The first-order valence-electron chi connectivity index (χ1n) is 12.4. The van der Waals surface area contributed by atoms with Gasteiger partial charge in [-0.25, -0.2) is 4.98 Å². The molecule has 2 aliphatic heterocycles. The summed E-state index contributed by atoms with van der Waals surface area (Å²) in [5.74, 6) is -0.249. The number of nitrogens with zero attached hydrogens (tertiary/aromatic N) is 4. The number of carbonyl (C=O) groups is 2. The number of thiocarbonyl (C=S) groups is 1. The van der Waals surface area contributed by atoms with E-state index in [1.807, 2.05) is 0 Å². The molecular formula is C26H25F3N6O2S. The van der Waals surface area contributed by atoms with Gasteiger partial charge in [0.05, 0.1) is 17.4 Å². The molecule has 1 spiro atoms. The predicted molar refractivity (Wildman–Crippen MR) is 137 cm³/mol. The Morgan fingerprint density at radius 3 is 2.55 bits per heavy atom. The van der Waals surface area contributed by atoms with Crippen molar-refractivity contribution in [3.8, 4) is 6.07 Å². The molecule has 3 aliphatic rings. The maximum atomic E-state index is 13.6. The van der Waals surface area contributed by atoms with Crippen LogP contribution in [0.3, 0.4) is 0 Å². The molecule has 38 heavy (non-hydrogen) atoms. The van der Waals surface area contributed by atoms with E-state index in [0.29, 0.717) is 36.6 Å². The molecule has 1 aromatic heterocycles. The molecule has 1 saturated carbocycles. The lowest BCUT2D eigenvalue weighted by molar-refractivity contribution is -0.138. The quantitative estimate of drug-likeness (QED) is 0.555. The van der Waals surface area contributed by atoms with Gasteiger partial charge in [-0.1, -0.05) is 0 Å². The molecule has 0 unspecified atom stereocenters. The molecule has 3 heterocycles. The van der Waals surface area contributed by atoms with Crippen molar-refractivity contribution >= 4 is 40.5 Å². The Hall–Kier alpha value is -3.56. The Morgan fingerprint density at radius 1 is 1.24 bits per heavy atom. The minimum atomic E-state index is -4.82. The van der Waals surface area contributed by atoms with E-state index in [1.165, 1.54) is 6.07 Å². The van der Waals surface area contributed by atoms with Gasteiger partial charge in [-0.05, 0) is 93.7 Å². The highest BCUT2D eigenvalue weighted by Crippen LogP contribution is 2.48. The van der Waals surface area contributed by atoms with Crippen LogP contribution in [-0.2, 0) is 11.0 Å². The summed E-state index contributed by atoms with van der Waals surface area (Å²) in [6.45, 7) is 2.45. The fourth-order valence-corrected chi connectivity index (χ4v) is 5.76. The molecule has 2 N–H and O–H groups in total. The molecular weight excluding hydrogens is 517 g/mol. The third kappa shape index (κ3) is 4.50. The molecule has 5 rings (SSSR count). The normalized spacial score (nSPS) is 20.8. The summed E-state index contributed by atoms with van der Waals surface area (Å²) in [5.41, 5.74) is -2.14. The molecule has 2 aromatic rings. The first-order chi connectivity index (χ1) is 18.2. The number of carbonyl (C=O) groups excluding carboxylic acids is 2. The second-order valence-electron chi connectivity index (χ2n) is 9.81. The highest BCUT2D eigenvalue weighted by Gasteiger charge is 2.59. The number of amides is 2. The van der Waals surface area contributed by atoms with Crippen LogP contribution in [0.2, 0.25) is 0 Å². The molecule has 1 aliphatic carbocycles. The van der Waals surface area contributed by atoms with Gasteiger partial charge in [-0.15, -0.1) is 0 Å². The van der Waals surface area contributed by atoms with Gasteiger partial charge in [0.2, 0.25) is 0 Å². The topological polar surface area (TPSA) is 101 Å². The van der Waals surface area contributed by atoms with Crippen molar-refractivity contribution in [3.05, 3.63) is 53.3 Å². The molecule has 1 atom stereocenters. The van der Waals surface area contributed by atoms with Gasteiger partial charge < -0.3 is 15.5 Å². The van der Waals surface area contributed by atoms with E-state index in [-0.39, 0.29) is 16.7 Å². The van der Waals surface area contributed by atoms with Gasteiger partial charge in [-0.3, -0.25) is 14.5 Å². The monoisotopic (exact) mass is 542 g/mol. The second kappa shape index (κ2) is 9.96. The molecule has 8 nitrogen and oxygen atoms in total. The average molecular weight is 543 g/mol. The van der Waals surface area contributed by atoms with Gasteiger partial charge in [0.1, 0.15) is 11.6 Å². The first-order valence-corrected chi connectivity index (χ1v) is 12.8. The number of rotatable bonds is 5. The van der Waals surface area contributed by atoms with Crippen molar-refractivity contribution in [2.75, 3.05) is 29.4 Å². The van der Waals surface area contributed by atoms with E-state index < -0.39 is 28.9 Å². The molecule has 0 bridgehead atoms. The number of pyridine rings is 1. The van der Waals surface area contributed by atoms with Crippen LogP contribution in [0.4, 0.5) is 24.5 Å². The van der Waals surface area contributed by atoms with Crippen molar-refractivity contribution in [1.82, 2.24) is 15.6 Å². The maximum Gasteiger partial charge on any atom is 0.419 e. The highest BCUT2D eigenvalue weighted by atomic mass is 32.1. The van der Waals surface area contributed by atoms with Crippen LogP contribution < -0.4 is 20.4 Å². The molecule has 1 aromatic carbocycles. The summed E-state index contributed by atoms with van der Waals surface area (Å²) in [7, 11) is 0. The number of aromatic nitrogens is 1. The van der Waals surface area contributed by atoms with Gasteiger partial charge in [0.25, 0.3) is 11.8 Å². The van der Waals surface area contributed by atoms with Crippen molar-refractivity contribution in [1.29, 1.82) is 5.26 Å². The van der Waals surface area contributed by atoms with E-state index in [0.717, 1.165) is 49.5 Å². The van der Waals surface area contributed by atoms with Crippen molar-refractivity contribution in [2.24, 2.45) is 5.92 Å². The Balaban J connectivity index is 1.39. The van der Waals surface area contributed by atoms with Gasteiger partial charge >= 0.3 is 6.18 Å². The SMILES string of the molecule is N#Cc1ncc(N2C(=O)C3(CCC3)N(c3ccc(C(=O)NC[C@H]4CCCNC4)cc3)C2=S)cc1C(F)(F)F. The highest BCUT2D eigenvalue weighted by molar-refractivity contribution is 7.81. The third-order valence-corrected chi connectivity index (χ3v) is 7.84. The molecule has 12 heteroatoms. The molecule has 2 amide bonds. The lowest BCUT2D eigenvalue weighted by atomic mass is 9.75. The number of anilines is 2. The second-order valence-corrected chi connectivity index (χ2v) is 10.2. The lowest BCUT2D eigenvalue weighted by Gasteiger charge is -2.43. The number of benzene rings is 1. The van der Waals surface area contributed by atoms with Gasteiger partial charge in [0, 0.05) is 17.8 Å². The zero-order valence-corrected chi connectivity index (χ0v) is 21.2. The number of hydrogen-bond acceptors (Lipinski definition) is 6. The largest absolute Gasteiger partial charge is 0.419 e. The van der Waals surface area contributed by atoms with Crippen molar-refractivity contribution < 1.29 is 22.8 Å². The standard InChI is InChI=1S/C26H25F3N6O2S/c27-26(28,29)20-11-19(15-32-21(20)12-30)34-23(37)25(8-2-9-25)35(24(34)38)18-6-4-17(5-7-18)22(36)33-14-16-3-1-10-31-13-16/h4-7,11,15-16,31H,1-3,8-10,13-14H2,(H,33,36)/t16-/m0/s1. The predicted octanol–water partition coefficient (Wildman–Crippen LogP) is 3.76. The number of piperidine rings is 1. The Labute approximate surface area is 222 Å². The maximum absolute atomic E-state index is 13.6. The van der Waals surface area contributed by atoms with E-state index >= 15 is 0 Å². The van der Waals surface area contributed by atoms with Crippen molar-refractivity contribution in [2.45, 2.75) is 43.8 Å². The number of halogens is 3. The number of nitriles is 1. The molecule has 198 valence electrons. The smallest absolute Gasteiger partial charge is 0.352 e. The number of nitrogens with one attached hydrogen (secondary N) is 2. The van der Waals surface area contributed by atoms with Gasteiger partial charge in [-0.2, -0.15) is 18.4 Å². The lowest BCUT2D eigenvalue weighted by Crippen LogP contribution is -2.55. The average Bonchev–Trinajstić information content (AvgIpc) is 3.13. The van der Waals surface area contributed by atoms with Crippen LogP contribution in [0.1, 0.15) is 53.7 Å². The summed E-state index contributed by atoms with van der Waals surface area (Å²) < 4.78 is 40.7. The number of hydrogen-bond donors (Lipinski definition) is 2. The first kappa shape index (κ1) is 26.1. The van der Waals surface area contributed by atoms with Crippen LogP contribution in [0.15, 0.2) is 36.5 Å². The Bertz CT molecular complexity index is 1310. The van der Waals surface area contributed by atoms with Gasteiger partial charge in [0.15, 0.2) is 10.8 Å². The van der Waals surface area contributed by atoms with E-state index in [1.54, 1.807) is 29.2 Å². The fourth-order valence-electron chi connectivity index (χ4n) is 5.29.